The van der Waals surface area contributed by atoms with E-state index in [9.17, 15) is 4.79 Å². The van der Waals surface area contributed by atoms with Gasteiger partial charge >= 0.3 is 5.97 Å². The van der Waals surface area contributed by atoms with Crippen molar-refractivity contribution in [1.82, 2.24) is 9.78 Å². The van der Waals surface area contributed by atoms with E-state index in [4.69, 9.17) is 19.7 Å². The second kappa shape index (κ2) is 11.7. The van der Waals surface area contributed by atoms with Crippen LogP contribution in [0.5, 0.6) is 5.75 Å². The van der Waals surface area contributed by atoms with Gasteiger partial charge in [0.2, 0.25) is 0 Å². The maximum Gasteiger partial charge on any atom is 0.329 e. The Morgan fingerprint density at radius 1 is 1.11 bits per heavy atom. The fraction of sp³-hybridized carbons (Fsp3) is 0.407. The number of nitrogens with zero attached hydrogens (tertiary/aromatic N) is 2. The van der Waals surface area contributed by atoms with Crippen LogP contribution in [0.1, 0.15) is 25.7 Å². The summed E-state index contributed by atoms with van der Waals surface area (Å²) in [6.07, 6.45) is 6.06. The molecule has 0 bridgehead atoms. The molecule has 1 aliphatic rings. The van der Waals surface area contributed by atoms with Gasteiger partial charge < -0.3 is 14.6 Å². The zero-order chi connectivity index (χ0) is 24.8. The van der Waals surface area contributed by atoms with Crippen molar-refractivity contribution in [2.45, 2.75) is 37.3 Å². The van der Waals surface area contributed by atoms with Crippen molar-refractivity contribution in [1.29, 1.82) is 0 Å². The third-order valence-electron chi connectivity index (χ3n) is 6.58. The van der Waals surface area contributed by atoms with Gasteiger partial charge in [-0.05, 0) is 49.8 Å². The summed E-state index contributed by atoms with van der Waals surface area (Å²) in [6.45, 7) is 1.01. The molecule has 1 heterocycles. The van der Waals surface area contributed by atoms with Crippen molar-refractivity contribution in [3.8, 4) is 28.1 Å². The van der Waals surface area contributed by atoms with Crippen LogP contribution in [0.2, 0.25) is 0 Å². The number of hydrogen-bond acceptors (Lipinski definition) is 5. The molecule has 0 radical (unpaired) electrons. The number of aromatic nitrogens is 2. The monoisotopic (exact) mass is 498 g/mol. The van der Waals surface area contributed by atoms with Crippen LogP contribution in [-0.4, -0.2) is 47.4 Å². The number of thioether (sulfide) groups is 1. The van der Waals surface area contributed by atoms with E-state index in [1.165, 1.54) is 7.11 Å². The Labute approximate surface area is 209 Å². The van der Waals surface area contributed by atoms with Crippen molar-refractivity contribution in [2.24, 2.45) is 11.8 Å². The summed E-state index contributed by atoms with van der Waals surface area (Å²) in [5.74, 6) is -0.263. The van der Waals surface area contributed by atoms with Crippen LogP contribution in [0.25, 0.3) is 22.4 Å². The van der Waals surface area contributed by atoms with Crippen molar-refractivity contribution in [2.75, 3.05) is 26.6 Å². The second-order valence-electron chi connectivity index (χ2n) is 8.90. The van der Waals surface area contributed by atoms with Crippen LogP contribution in [0, 0.1) is 17.7 Å². The third kappa shape index (κ3) is 5.87. The number of benzene rings is 2. The van der Waals surface area contributed by atoms with Gasteiger partial charge in [0.25, 0.3) is 0 Å². The smallest absolute Gasteiger partial charge is 0.329 e. The molecule has 4 rings (SSSR count). The van der Waals surface area contributed by atoms with Crippen LogP contribution in [-0.2, 0) is 16.1 Å². The van der Waals surface area contributed by atoms with E-state index >= 15 is 4.39 Å². The maximum atomic E-state index is 15.4. The second-order valence-corrected chi connectivity index (χ2v) is 9.69. The molecule has 35 heavy (non-hydrogen) atoms. The molecule has 6 nitrogen and oxygen atoms in total. The largest absolute Gasteiger partial charge is 0.494 e. The number of carboxylic acid groups (broad SMARTS) is 1. The summed E-state index contributed by atoms with van der Waals surface area (Å²) in [6, 6.07) is 15.1. The number of carboxylic acids is 1. The lowest BCUT2D eigenvalue weighted by atomic mass is 9.82. The van der Waals surface area contributed by atoms with Gasteiger partial charge in [-0.15, -0.1) is 11.8 Å². The topological polar surface area (TPSA) is 73.6 Å². The molecule has 0 spiro atoms. The standard InChI is InChI=1S/C27H31FN2O4S/c1-33-22-10-6-9-21(25(22)28)24-26(20-7-4-3-5-8-20)29-30(27(24)35-2)15-18-11-13-19(14-12-18)16-34-17-23(31)32/h3-10,18-19H,11-17H2,1-2H3,(H,31,32)/t18-,19-. The summed E-state index contributed by atoms with van der Waals surface area (Å²) in [5, 5.41) is 14.7. The average molecular weight is 499 g/mol. The highest BCUT2D eigenvalue weighted by Crippen LogP contribution is 2.42. The summed E-state index contributed by atoms with van der Waals surface area (Å²) >= 11 is 1.57. The highest BCUT2D eigenvalue weighted by atomic mass is 32.2. The van der Waals surface area contributed by atoms with Gasteiger partial charge in [0.05, 0.1) is 13.7 Å². The number of methoxy groups -OCH3 is 1. The number of ether oxygens (including phenoxy) is 2. The van der Waals surface area contributed by atoms with Gasteiger partial charge in [0, 0.05) is 23.2 Å². The fourth-order valence-electron chi connectivity index (χ4n) is 4.82. The molecule has 1 saturated carbocycles. The fourth-order valence-corrected chi connectivity index (χ4v) is 5.56. The van der Waals surface area contributed by atoms with Crippen LogP contribution in [0.3, 0.4) is 0 Å². The number of halogens is 1. The van der Waals surface area contributed by atoms with E-state index < -0.39 is 5.97 Å². The number of aliphatic carboxylic acids is 1. The molecule has 0 amide bonds. The predicted molar refractivity (Wildman–Crippen MR) is 135 cm³/mol. The molecular formula is C27H31FN2O4S. The van der Waals surface area contributed by atoms with Crippen LogP contribution < -0.4 is 4.74 Å². The van der Waals surface area contributed by atoms with Crippen molar-refractivity contribution in [3.63, 3.8) is 0 Å². The average Bonchev–Trinajstić information content (AvgIpc) is 3.23. The molecule has 8 heteroatoms. The molecule has 186 valence electrons. The summed E-state index contributed by atoms with van der Waals surface area (Å²) < 4.78 is 28.0. The number of carbonyl (C=O) groups is 1. The van der Waals surface area contributed by atoms with Gasteiger partial charge in [-0.3, -0.25) is 4.68 Å². The highest BCUT2D eigenvalue weighted by molar-refractivity contribution is 7.98. The third-order valence-corrected chi connectivity index (χ3v) is 7.38. The first-order valence-electron chi connectivity index (χ1n) is 11.8. The van der Waals surface area contributed by atoms with E-state index in [0.717, 1.165) is 54.1 Å². The minimum atomic E-state index is -0.931. The lowest BCUT2D eigenvalue weighted by Crippen LogP contribution is -2.23. The maximum absolute atomic E-state index is 15.4. The highest BCUT2D eigenvalue weighted by Gasteiger charge is 2.27. The first-order valence-corrected chi connectivity index (χ1v) is 13.1. The minimum absolute atomic E-state index is 0.213. The Kier molecular flexibility index (Phi) is 8.46. The van der Waals surface area contributed by atoms with Crippen LogP contribution in [0.4, 0.5) is 4.39 Å². The first-order chi connectivity index (χ1) is 17.0. The molecule has 1 aliphatic carbocycles. The quantitative estimate of drug-likeness (QED) is 0.346. The van der Waals surface area contributed by atoms with Gasteiger partial charge in [-0.25, -0.2) is 9.18 Å². The van der Waals surface area contributed by atoms with Gasteiger partial charge in [-0.2, -0.15) is 5.10 Å². The Hall–Kier alpha value is -2.84. The Morgan fingerprint density at radius 2 is 1.83 bits per heavy atom. The van der Waals surface area contributed by atoms with Gasteiger partial charge in [0.15, 0.2) is 11.6 Å². The molecule has 1 fully saturated rings. The lowest BCUT2D eigenvalue weighted by Gasteiger charge is -2.28. The zero-order valence-corrected chi connectivity index (χ0v) is 20.9. The minimum Gasteiger partial charge on any atom is -0.494 e. The molecule has 1 aromatic heterocycles. The van der Waals surface area contributed by atoms with E-state index in [2.05, 4.69) is 0 Å². The van der Waals surface area contributed by atoms with Crippen molar-refractivity contribution in [3.05, 3.63) is 54.3 Å². The Balaban J connectivity index is 1.61. The molecule has 0 saturated heterocycles. The Morgan fingerprint density at radius 3 is 2.49 bits per heavy atom. The molecule has 1 N–H and O–H groups in total. The van der Waals surface area contributed by atoms with E-state index in [-0.39, 0.29) is 18.2 Å². The van der Waals surface area contributed by atoms with Crippen molar-refractivity contribution < 1.29 is 23.8 Å². The molecular weight excluding hydrogens is 467 g/mol. The van der Waals surface area contributed by atoms with E-state index in [1.807, 2.05) is 41.3 Å². The van der Waals surface area contributed by atoms with E-state index in [1.54, 1.807) is 30.0 Å². The number of rotatable bonds is 10. The van der Waals surface area contributed by atoms with E-state index in [0.29, 0.717) is 24.0 Å². The summed E-state index contributed by atoms with van der Waals surface area (Å²) in [7, 11) is 1.47. The van der Waals surface area contributed by atoms with Crippen LogP contribution in [0.15, 0.2) is 53.6 Å². The predicted octanol–water partition coefficient (Wildman–Crippen LogP) is 5.99. The van der Waals surface area contributed by atoms with Gasteiger partial charge in [-0.1, -0.05) is 42.5 Å². The van der Waals surface area contributed by atoms with Gasteiger partial charge in [0.1, 0.15) is 17.3 Å². The Bertz CT molecular complexity index is 1140. The zero-order valence-electron chi connectivity index (χ0n) is 20.1. The summed E-state index contributed by atoms with van der Waals surface area (Å²) in [5.41, 5.74) is 2.98. The lowest BCUT2D eigenvalue weighted by molar-refractivity contribution is -0.142. The normalized spacial score (nSPS) is 17.9. The molecule has 2 aromatic carbocycles. The summed E-state index contributed by atoms with van der Waals surface area (Å²) in [4.78, 5) is 10.7. The molecule has 3 aromatic rings. The molecule has 0 unspecified atom stereocenters. The first kappa shape index (κ1) is 25.3. The SMILES string of the molecule is COc1cccc(-c2c(-c3ccccc3)nn(C[C@H]3CC[C@H](COCC(=O)O)CC3)c2SC)c1F. The van der Waals surface area contributed by atoms with Crippen LogP contribution >= 0.6 is 11.8 Å². The molecule has 0 atom stereocenters. The number of hydrogen-bond donors (Lipinski definition) is 1. The van der Waals surface area contributed by atoms with Crippen molar-refractivity contribution >= 4 is 17.7 Å². The molecule has 0 aliphatic heterocycles.